The fourth-order valence-corrected chi connectivity index (χ4v) is 1.53. The summed E-state index contributed by atoms with van der Waals surface area (Å²) in [5, 5.41) is 23.5. The van der Waals surface area contributed by atoms with Gasteiger partial charge in [-0.05, 0) is 16.1 Å². The van der Waals surface area contributed by atoms with E-state index < -0.39 is 4.92 Å². The van der Waals surface area contributed by atoms with Crippen molar-refractivity contribution < 1.29 is 10.0 Å². The maximum atomic E-state index is 10.7. The zero-order valence-electron chi connectivity index (χ0n) is 8.98. The van der Waals surface area contributed by atoms with Crippen LogP contribution in [0, 0.1) is 10.1 Å². The lowest BCUT2D eigenvalue weighted by Crippen LogP contribution is -2.05. The summed E-state index contributed by atoms with van der Waals surface area (Å²) in [6.07, 6.45) is 1.40. The van der Waals surface area contributed by atoms with E-state index in [2.05, 4.69) is 5.10 Å². The van der Waals surface area contributed by atoms with Gasteiger partial charge in [0.25, 0.3) is 0 Å². The van der Waals surface area contributed by atoms with Crippen LogP contribution in [0.3, 0.4) is 0 Å². The Bertz CT molecular complexity index is 519. The molecule has 17 heavy (non-hydrogen) atoms. The van der Waals surface area contributed by atoms with Gasteiger partial charge in [0.05, 0.1) is 18.9 Å². The molecular weight excluding hydrogens is 222 g/mol. The molecule has 0 aliphatic carbocycles. The molecule has 2 aromatic rings. The summed E-state index contributed by atoms with van der Waals surface area (Å²) in [4.78, 5) is 10.2. The number of aliphatic hydroxyl groups is 1. The van der Waals surface area contributed by atoms with E-state index in [1.807, 2.05) is 12.1 Å². The lowest BCUT2D eigenvalue weighted by molar-refractivity contribution is -0.392. The number of benzene rings is 1. The molecule has 1 aromatic carbocycles. The number of nitrogens with zero attached hydrogens (tertiary/aromatic N) is 3. The summed E-state index contributed by atoms with van der Waals surface area (Å²) < 4.78 is 1.33. The first kappa shape index (κ1) is 11.3. The van der Waals surface area contributed by atoms with E-state index in [1.54, 1.807) is 12.1 Å². The van der Waals surface area contributed by atoms with Gasteiger partial charge >= 0.3 is 5.82 Å². The largest absolute Gasteiger partial charge is 0.392 e. The molecule has 0 radical (unpaired) electrons. The second-order valence-corrected chi connectivity index (χ2v) is 3.58. The molecule has 0 spiro atoms. The van der Waals surface area contributed by atoms with Crippen molar-refractivity contribution in [1.29, 1.82) is 0 Å². The molecule has 1 aromatic heterocycles. The molecule has 0 unspecified atom stereocenters. The van der Waals surface area contributed by atoms with Gasteiger partial charge in [-0.3, -0.25) is 0 Å². The van der Waals surface area contributed by atoms with Gasteiger partial charge in [-0.2, -0.15) is 0 Å². The first-order valence-electron chi connectivity index (χ1n) is 5.05. The number of hydrogen-bond acceptors (Lipinski definition) is 4. The molecular formula is C11H11N3O3. The van der Waals surface area contributed by atoms with Crippen LogP contribution >= 0.6 is 0 Å². The topological polar surface area (TPSA) is 81.2 Å². The van der Waals surface area contributed by atoms with Crippen LogP contribution in [-0.2, 0) is 13.2 Å². The van der Waals surface area contributed by atoms with Crippen molar-refractivity contribution in [1.82, 2.24) is 9.78 Å². The van der Waals surface area contributed by atoms with Gasteiger partial charge in [0, 0.05) is 0 Å². The van der Waals surface area contributed by atoms with Crippen LogP contribution in [0.1, 0.15) is 11.1 Å². The van der Waals surface area contributed by atoms with Gasteiger partial charge in [-0.15, -0.1) is 4.68 Å². The molecule has 6 heteroatoms. The van der Waals surface area contributed by atoms with Gasteiger partial charge in [-0.25, -0.2) is 0 Å². The summed E-state index contributed by atoms with van der Waals surface area (Å²) in [5.41, 5.74) is 1.71. The van der Waals surface area contributed by atoms with Gasteiger partial charge in [0.1, 0.15) is 6.54 Å². The Morgan fingerprint density at radius 2 is 1.88 bits per heavy atom. The molecule has 1 N–H and O–H groups in total. The normalized spacial score (nSPS) is 10.4. The first-order valence-corrected chi connectivity index (χ1v) is 5.05. The lowest BCUT2D eigenvalue weighted by atomic mass is 10.1. The molecule has 2 rings (SSSR count). The van der Waals surface area contributed by atoms with Crippen molar-refractivity contribution in [2.24, 2.45) is 0 Å². The third-order valence-corrected chi connectivity index (χ3v) is 2.42. The third kappa shape index (κ3) is 2.48. The van der Waals surface area contributed by atoms with E-state index in [4.69, 9.17) is 5.11 Å². The van der Waals surface area contributed by atoms with E-state index in [-0.39, 0.29) is 12.4 Å². The predicted octanol–water partition coefficient (Wildman–Crippen LogP) is 1.33. The van der Waals surface area contributed by atoms with Crippen LogP contribution in [0.5, 0.6) is 0 Å². The second-order valence-electron chi connectivity index (χ2n) is 3.58. The Morgan fingerprint density at radius 1 is 1.24 bits per heavy atom. The summed E-state index contributed by atoms with van der Waals surface area (Å²) >= 11 is 0. The van der Waals surface area contributed by atoms with E-state index >= 15 is 0 Å². The molecule has 0 aliphatic rings. The molecule has 0 saturated carbocycles. The lowest BCUT2D eigenvalue weighted by Gasteiger charge is -2.01. The molecule has 6 nitrogen and oxygen atoms in total. The van der Waals surface area contributed by atoms with Crippen LogP contribution < -0.4 is 0 Å². The number of nitro groups is 1. The van der Waals surface area contributed by atoms with E-state index in [1.165, 1.54) is 16.9 Å². The van der Waals surface area contributed by atoms with Gasteiger partial charge in [0.2, 0.25) is 0 Å². The molecule has 0 amide bonds. The molecule has 1 heterocycles. The monoisotopic (exact) mass is 233 g/mol. The smallest absolute Gasteiger partial charge is 0.345 e. The molecule has 0 saturated heterocycles. The van der Waals surface area contributed by atoms with E-state index in [9.17, 15) is 10.1 Å². The predicted molar refractivity (Wildman–Crippen MR) is 60.3 cm³/mol. The first-order chi connectivity index (χ1) is 8.20. The number of aromatic nitrogens is 2. The Balaban J connectivity index is 2.19. The fraction of sp³-hybridized carbons (Fsp3) is 0.182. The minimum absolute atomic E-state index is 0.0117. The number of hydrogen-bond donors (Lipinski definition) is 1. The summed E-state index contributed by atoms with van der Waals surface area (Å²) in [5.74, 6) is -0.0313. The summed E-state index contributed by atoms with van der Waals surface area (Å²) in [6, 6.07) is 8.56. The van der Waals surface area contributed by atoms with Crippen molar-refractivity contribution in [3.63, 3.8) is 0 Å². The van der Waals surface area contributed by atoms with Crippen molar-refractivity contribution in [3.05, 3.63) is 57.8 Å². The Labute approximate surface area is 97.3 Å². The van der Waals surface area contributed by atoms with Gasteiger partial charge < -0.3 is 15.2 Å². The van der Waals surface area contributed by atoms with Crippen molar-refractivity contribution in [3.8, 4) is 0 Å². The van der Waals surface area contributed by atoms with Crippen molar-refractivity contribution in [2.45, 2.75) is 13.2 Å². The van der Waals surface area contributed by atoms with Crippen LogP contribution in [0.25, 0.3) is 0 Å². The molecule has 0 aliphatic heterocycles. The minimum atomic E-state index is -0.463. The van der Waals surface area contributed by atoms with E-state index in [0.29, 0.717) is 6.54 Å². The Hall–Kier alpha value is -2.21. The number of aliphatic hydroxyl groups excluding tert-OH is 1. The van der Waals surface area contributed by atoms with Crippen molar-refractivity contribution in [2.75, 3.05) is 0 Å². The zero-order chi connectivity index (χ0) is 12.3. The molecule has 88 valence electrons. The standard InChI is InChI=1S/C11H11N3O3/c15-8-10-3-1-9(2-4-10)7-13-11(14(16)17)5-6-12-13/h1-6,15H,7-8H2. The highest BCUT2D eigenvalue weighted by Crippen LogP contribution is 2.13. The van der Waals surface area contributed by atoms with Crippen LogP contribution in [0.4, 0.5) is 5.82 Å². The summed E-state index contributed by atoms with van der Waals surface area (Å²) in [6.45, 7) is 0.331. The van der Waals surface area contributed by atoms with Gasteiger partial charge in [-0.1, -0.05) is 29.4 Å². The average molecular weight is 233 g/mol. The maximum absolute atomic E-state index is 10.7. The molecule has 0 bridgehead atoms. The SMILES string of the molecule is O=[N+]([O-])c1ccnn1Cc1ccc(CO)cc1. The highest BCUT2D eigenvalue weighted by atomic mass is 16.6. The zero-order valence-corrected chi connectivity index (χ0v) is 8.98. The second kappa shape index (κ2) is 4.75. The minimum Gasteiger partial charge on any atom is -0.392 e. The Morgan fingerprint density at radius 3 is 2.47 bits per heavy atom. The average Bonchev–Trinajstić information content (AvgIpc) is 2.78. The number of rotatable bonds is 4. The Kier molecular flexibility index (Phi) is 3.15. The van der Waals surface area contributed by atoms with E-state index in [0.717, 1.165) is 11.1 Å². The highest BCUT2D eigenvalue weighted by molar-refractivity contribution is 5.24. The fourth-order valence-electron chi connectivity index (χ4n) is 1.53. The molecule has 0 fully saturated rings. The summed E-state index contributed by atoms with van der Waals surface area (Å²) in [7, 11) is 0. The van der Waals surface area contributed by atoms with Crippen LogP contribution in [0.15, 0.2) is 36.5 Å². The quantitative estimate of drug-likeness (QED) is 0.638. The van der Waals surface area contributed by atoms with Crippen LogP contribution in [-0.4, -0.2) is 19.8 Å². The van der Waals surface area contributed by atoms with Crippen molar-refractivity contribution >= 4 is 5.82 Å². The molecule has 0 atom stereocenters. The third-order valence-electron chi connectivity index (χ3n) is 2.42. The van der Waals surface area contributed by atoms with Crippen LogP contribution in [0.2, 0.25) is 0 Å². The highest BCUT2D eigenvalue weighted by Gasteiger charge is 2.13. The van der Waals surface area contributed by atoms with Gasteiger partial charge in [0.15, 0.2) is 0 Å². The maximum Gasteiger partial charge on any atom is 0.345 e.